The highest BCUT2D eigenvalue weighted by atomic mass is 79.9. The standard InChI is InChI=1S/C15H20BrNS/c1-7-10(6-11(16)18-7)15(17-2)14-12-8-3-4-9(5-8)13(12)14/h6,8-9,12-15,17H,3-5H2,1-2H3. The first-order valence-corrected chi connectivity index (χ1v) is 8.74. The molecule has 5 atom stereocenters. The molecule has 1 aromatic heterocycles. The Balaban J connectivity index is 1.62. The smallest absolute Gasteiger partial charge is 0.0704 e. The van der Waals surface area contributed by atoms with E-state index in [1.54, 1.807) is 12.0 Å². The first-order valence-electron chi connectivity index (χ1n) is 7.13. The maximum absolute atomic E-state index is 3.64. The number of aryl methyl sites for hydroxylation is 1. The molecule has 4 rings (SSSR count). The Morgan fingerprint density at radius 3 is 2.50 bits per heavy atom. The number of rotatable bonds is 3. The second kappa shape index (κ2) is 4.07. The predicted molar refractivity (Wildman–Crippen MR) is 79.9 cm³/mol. The summed E-state index contributed by atoms with van der Waals surface area (Å²) in [6.07, 6.45) is 4.59. The number of thiophene rings is 1. The van der Waals surface area contributed by atoms with Gasteiger partial charge in [0.1, 0.15) is 0 Å². The van der Waals surface area contributed by atoms with Crippen molar-refractivity contribution in [2.45, 2.75) is 32.2 Å². The maximum Gasteiger partial charge on any atom is 0.0704 e. The van der Waals surface area contributed by atoms with Crippen LogP contribution in [-0.2, 0) is 0 Å². The second-order valence-electron chi connectivity index (χ2n) is 6.39. The summed E-state index contributed by atoms with van der Waals surface area (Å²) in [5.41, 5.74) is 1.55. The molecule has 1 N–H and O–H groups in total. The first-order chi connectivity index (χ1) is 8.70. The van der Waals surface area contributed by atoms with Crippen LogP contribution in [0.5, 0.6) is 0 Å². The molecule has 5 unspecified atom stereocenters. The van der Waals surface area contributed by atoms with Gasteiger partial charge in [0.05, 0.1) is 3.79 Å². The van der Waals surface area contributed by atoms with Crippen LogP contribution in [0.15, 0.2) is 9.85 Å². The highest BCUT2D eigenvalue weighted by Gasteiger charge is 2.66. The van der Waals surface area contributed by atoms with Crippen molar-refractivity contribution < 1.29 is 0 Å². The van der Waals surface area contributed by atoms with E-state index in [0.717, 1.165) is 29.6 Å². The van der Waals surface area contributed by atoms with Gasteiger partial charge in [-0.1, -0.05) is 0 Å². The fourth-order valence-corrected chi connectivity index (χ4v) is 6.92. The van der Waals surface area contributed by atoms with Gasteiger partial charge in [0.2, 0.25) is 0 Å². The van der Waals surface area contributed by atoms with Gasteiger partial charge in [-0.05, 0) is 90.4 Å². The molecule has 2 bridgehead atoms. The molecule has 3 heteroatoms. The number of halogens is 1. The van der Waals surface area contributed by atoms with Gasteiger partial charge in [0.15, 0.2) is 0 Å². The topological polar surface area (TPSA) is 12.0 Å². The van der Waals surface area contributed by atoms with Gasteiger partial charge in [-0.3, -0.25) is 0 Å². The fraction of sp³-hybridized carbons (Fsp3) is 0.733. The van der Waals surface area contributed by atoms with E-state index in [0.29, 0.717) is 6.04 Å². The summed E-state index contributed by atoms with van der Waals surface area (Å²) in [4.78, 5) is 1.48. The zero-order valence-electron chi connectivity index (χ0n) is 10.9. The number of hydrogen-bond acceptors (Lipinski definition) is 2. The Morgan fingerprint density at radius 1 is 1.33 bits per heavy atom. The van der Waals surface area contributed by atoms with Crippen LogP contribution in [0.25, 0.3) is 0 Å². The molecule has 18 heavy (non-hydrogen) atoms. The van der Waals surface area contributed by atoms with E-state index < -0.39 is 0 Å². The predicted octanol–water partition coefficient (Wildman–Crippen LogP) is 4.37. The van der Waals surface area contributed by atoms with Crippen LogP contribution in [0.1, 0.15) is 35.7 Å². The van der Waals surface area contributed by atoms with Crippen molar-refractivity contribution >= 4 is 27.3 Å². The van der Waals surface area contributed by atoms with E-state index in [2.05, 4.69) is 41.3 Å². The van der Waals surface area contributed by atoms with Crippen molar-refractivity contribution in [2.75, 3.05) is 7.05 Å². The largest absolute Gasteiger partial charge is 0.313 e. The normalized spacial score (nSPS) is 42.1. The SMILES string of the molecule is CNC(c1cc(Br)sc1C)C1C2C3CCC(C3)C21. The summed E-state index contributed by atoms with van der Waals surface area (Å²) < 4.78 is 1.28. The lowest BCUT2D eigenvalue weighted by atomic mass is 9.93. The van der Waals surface area contributed by atoms with E-state index in [1.165, 1.54) is 21.5 Å². The zero-order valence-corrected chi connectivity index (χ0v) is 13.4. The highest BCUT2D eigenvalue weighted by molar-refractivity contribution is 9.11. The summed E-state index contributed by atoms with van der Waals surface area (Å²) in [6, 6.07) is 2.95. The lowest BCUT2D eigenvalue weighted by molar-refractivity contribution is 0.385. The van der Waals surface area contributed by atoms with E-state index in [9.17, 15) is 0 Å². The molecule has 0 aromatic carbocycles. The van der Waals surface area contributed by atoms with Crippen LogP contribution in [0.3, 0.4) is 0 Å². The van der Waals surface area contributed by atoms with Gasteiger partial charge in [-0.25, -0.2) is 0 Å². The summed E-state index contributed by atoms with van der Waals surface area (Å²) >= 11 is 5.52. The zero-order chi connectivity index (χ0) is 12.4. The van der Waals surface area contributed by atoms with Gasteiger partial charge >= 0.3 is 0 Å². The fourth-order valence-electron chi connectivity index (χ4n) is 5.16. The van der Waals surface area contributed by atoms with Gasteiger partial charge < -0.3 is 5.32 Å². The van der Waals surface area contributed by atoms with Crippen molar-refractivity contribution in [3.63, 3.8) is 0 Å². The quantitative estimate of drug-likeness (QED) is 0.870. The Morgan fingerprint density at radius 2 is 2.00 bits per heavy atom. The third kappa shape index (κ3) is 1.53. The van der Waals surface area contributed by atoms with Gasteiger partial charge in [0.25, 0.3) is 0 Å². The minimum atomic E-state index is 0.603. The number of fused-ring (bicyclic) bond motifs is 5. The van der Waals surface area contributed by atoms with Crippen LogP contribution in [0, 0.1) is 36.5 Å². The van der Waals surface area contributed by atoms with Crippen LogP contribution < -0.4 is 5.32 Å². The Hall–Kier alpha value is 0.140. The Kier molecular flexibility index (Phi) is 2.69. The third-order valence-electron chi connectivity index (χ3n) is 5.75. The van der Waals surface area contributed by atoms with E-state index >= 15 is 0 Å². The van der Waals surface area contributed by atoms with Crippen molar-refractivity contribution in [3.05, 3.63) is 20.3 Å². The summed E-state index contributed by atoms with van der Waals surface area (Å²) in [6.45, 7) is 2.27. The molecule has 0 aliphatic heterocycles. The van der Waals surface area contributed by atoms with Crippen LogP contribution >= 0.6 is 27.3 Å². The molecule has 98 valence electrons. The van der Waals surface area contributed by atoms with Crippen molar-refractivity contribution in [1.29, 1.82) is 0 Å². The molecule has 3 aliphatic carbocycles. The molecule has 0 radical (unpaired) electrons. The molecule has 3 saturated carbocycles. The summed E-state index contributed by atoms with van der Waals surface area (Å²) in [5, 5.41) is 3.62. The Labute approximate surface area is 121 Å². The molecular formula is C15H20BrNS. The van der Waals surface area contributed by atoms with Crippen molar-refractivity contribution in [1.82, 2.24) is 5.32 Å². The lowest BCUT2D eigenvalue weighted by Crippen LogP contribution is -2.22. The van der Waals surface area contributed by atoms with E-state index in [-0.39, 0.29) is 0 Å². The average Bonchev–Trinajstić information content (AvgIpc) is 2.68. The van der Waals surface area contributed by atoms with E-state index in [4.69, 9.17) is 0 Å². The molecular weight excluding hydrogens is 306 g/mol. The Bertz CT molecular complexity index is 467. The lowest BCUT2D eigenvalue weighted by Gasteiger charge is -2.20. The van der Waals surface area contributed by atoms with Gasteiger partial charge in [-0.15, -0.1) is 11.3 Å². The molecule has 1 nitrogen and oxygen atoms in total. The molecule has 3 aliphatic rings. The van der Waals surface area contributed by atoms with Gasteiger partial charge in [-0.2, -0.15) is 0 Å². The summed E-state index contributed by atoms with van der Waals surface area (Å²) in [7, 11) is 2.14. The molecule has 0 saturated heterocycles. The highest BCUT2D eigenvalue weighted by Crippen LogP contribution is 2.72. The van der Waals surface area contributed by atoms with Crippen molar-refractivity contribution in [3.8, 4) is 0 Å². The molecule has 1 heterocycles. The average molecular weight is 326 g/mol. The van der Waals surface area contributed by atoms with Crippen molar-refractivity contribution in [2.24, 2.45) is 29.6 Å². The van der Waals surface area contributed by atoms with Crippen LogP contribution in [0.2, 0.25) is 0 Å². The molecule has 1 aromatic rings. The van der Waals surface area contributed by atoms with Crippen LogP contribution in [-0.4, -0.2) is 7.05 Å². The minimum Gasteiger partial charge on any atom is -0.313 e. The summed E-state index contributed by atoms with van der Waals surface area (Å²) in [5.74, 6) is 5.19. The number of hydrogen-bond donors (Lipinski definition) is 1. The monoisotopic (exact) mass is 325 g/mol. The minimum absolute atomic E-state index is 0.603. The van der Waals surface area contributed by atoms with Gasteiger partial charge in [0, 0.05) is 10.9 Å². The van der Waals surface area contributed by atoms with Crippen LogP contribution in [0.4, 0.5) is 0 Å². The third-order valence-corrected chi connectivity index (χ3v) is 7.32. The molecule has 3 fully saturated rings. The maximum atomic E-state index is 3.64. The number of nitrogens with one attached hydrogen (secondary N) is 1. The molecule has 0 amide bonds. The second-order valence-corrected chi connectivity index (χ2v) is 9.03. The molecule has 0 spiro atoms. The van der Waals surface area contributed by atoms with E-state index in [1.807, 2.05) is 11.3 Å². The first kappa shape index (κ1) is 11.9.